The summed E-state index contributed by atoms with van der Waals surface area (Å²) in [4.78, 5) is 0. The summed E-state index contributed by atoms with van der Waals surface area (Å²) in [5, 5.41) is -7.38. The molecule has 11 rings (SSSR count). The number of hydrogen-bond acceptors (Lipinski definition) is 1. The quantitative estimate of drug-likeness (QED) is 0.170. The molecule has 10 aromatic carbocycles. The Labute approximate surface area is 336 Å². The summed E-state index contributed by atoms with van der Waals surface area (Å²) in [5.41, 5.74) is -5.74. The second kappa shape index (κ2) is 10.9. The molecule has 0 saturated carbocycles. The van der Waals surface area contributed by atoms with E-state index in [2.05, 4.69) is 0 Å². The molecule has 51 heavy (non-hydrogen) atoms. The molecule has 0 aliphatic heterocycles. The molecule has 0 atom stereocenters. The fourth-order valence-electron chi connectivity index (χ4n) is 6.32. The summed E-state index contributed by atoms with van der Waals surface area (Å²) in [6.45, 7) is 0. The highest BCUT2D eigenvalue weighted by Crippen LogP contribution is 2.46. The van der Waals surface area contributed by atoms with E-state index in [-0.39, 0.29) is 10.8 Å². The Morgan fingerprint density at radius 3 is 1.55 bits per heavy atom. The first-order valence-electron chi connectivity index (χ1n) is 30.2. The molecule has 0 fully saturated rings. The fourth-order valence-corrected chi connectivity index (χ4v) is 6.32. The number of hydrogen-bond donors (Lipinski definition) is 0. The van der Waals surface area contributed by atoms with Crippen LogP contribution in [0.25, 0.3) is 109 Å². The lowest BCUT2D eigenvalue weighted by molar-refractivity contribution is 0.669. The SMILES string of the molecule is [2H]c1c(-c2c3c([2H])c([2H])c([2H])c([2H])c3c(-c3c([2H])c([2H])c([2H])c4c([2H])c([2H])c([2H])c([2H])c34)c3c([2H])c([2H])c([2H])c([2H])c23)c([2H])c2c([2H])c([2H])c(-c3c([2H])c([2H])c4c(oc5c([2H])c([2H])c6c([2H])c([2H])c([2H])c([2H])c6c54)c3[2H])c([2H])c2c1[2H]. The highest BCUT2D eigenvalue weighted by atomic mass is 16.3. The van der Waals surface area contributed by atoms with Crippen molar-refractivity contribution in [2.45, 2.75) is 0 Å². The van der Waals surface area contributed by atoms with Crippen molar-refractivity contribution in [2.24, 2.45) is 0 Å². The van der Waals surface area contributed by atoms with Gasteiger partial charge < -0.3 is 4.42 Å². The van der Waals surface area contributed by atoms with Crippen LogP contribution in [0.5, 0.6) is 0 Å². The second-order valence-electron chi connectivity index (χ2n) is 11.3. The summed E-state index contributed by atoms with van der Waals surface area (Å²) in [6.07, 6.45) is 0. The first kappa shape index (κ1) is 11.7. The van der Waals surface area contributed by atoms with Crippen molar-refractivity contribution in [3.63, 3.8) is 0 Å². The van der Waals surface area contributed by atoms with Gasteiger partial charge in [0.15, 0.2) is 0 Å². The van der Waals surface area contributed by atoms with Gasteiger partial charge in [-0.1, -0.05) is 151 Å². The average Bonchev–Trinajstić information content (AvgIpc) is 1.93. The van der Waals surface area contributed by atoms with Gasteiger partial charge in [-0.3, -0.25) is 0 Å². The van der Waals surface area contributed by atoms with Crippen molar-refractivity contribution in [3.8, 4) is 33.4 Å². The van der Waals surface area contributed by atoms with Gasteiger partial charge in [0.25, 0.3) is 0 Å². The summed E-state index contributed by atoms with van der Waals surface area (Å²) in [6, 6.07) is -27.6. The van der Waals surface area contributed by atoms with Gasteiger partial charge in [0.05, 0.1) is 41.1 Å². The zero-order chi connectivity index (χ0) is 59.6. The van der Waals surface area contributed by atoms with Crippen LogP contribution < -0.4 is 0 Å². The van der Waals surface area contributed by atoms with Gasteiger partial charge in [0.1, 0.15) is 11.2 Å². The lowest BCUT2D eigenvalue weighted by Crippen LogP contribution is -1.91. The van der Waals surface area contributed by atoms with Gasteiger partial charge in [0.2, 0.25) is 0 Å². The predicted octanol–water partition coefficient (Wildman–Crippen LogP) is 14.4. The first-order valence-corrected chi connectivity index (χ1v) is 15.2. The predicted molar refractivity (Wildman–Crippen MR) is 218 cm³/mol. The van der Waals surface area contributed by atoms with Gasteiger partial charge in [0, 0.05) is 10.8 Å². The van der Waals surface area contributed by atoms with Crippen LogP contribution in [-0.2, 0) is 0 Å². The van der Waals surface area contributed by atoms with Crippen LogP contribution in [0.2, 0.25) is 0 Å². The lowest BCUT2D eigenvalue weighted by atomic mass is 9.84. The zero-order valence-corrected chi connectivity index (χ0v) is 25.4. The van der Waals surface area contributed by atoms with E-state index in [1.165, 1.54) is 0 Å². The van der Waals surface area contributed by atoms with Crippen LogP contribution in [0.15, 0.2) is 186 Å². The van der Waals surface area contributed by atoms with Crippen LogP contribution in [0.4, 0.5) is 0 Å². The third-order valence-electron chi connectivity index (χ3n) is 8.51. The molecule has 0 N–H and O–H groups in total. The molecule has 1 nitrogen and oxygen atoms in total. The molecule has 0 saturated heterocycles. The van der Waals surface area contributed by atoms with E-state index >= 15 is 0 Å². The Morgan fingerprint density at radius 2 is 0.824 bits per heavy atom. The first-order chi connectivity index (χ1) is 37.8. The summed E-state index contributed by atoms with van der Waals surface area (Å²) in [5.74, 6) is 0. The van der Waals surface area contributed by atoms with Gasteiger partial charge in [-0.15, -0.1) is 0 Å². The van der Waals surface area contributed by atoms with E-state index in [0.717, 1.165) is 0 Å². The molecule has 236 valence electrons. The molecular weight excluding hydrogens is 617 g/mol. The Balaban J connectivity index is 1.32. The molecule has 0 aliphatic carbocycles. The molecule has 1 aromatic heterocycles. The van der Waals surface area contributed by atoms with Crippen LogP contribution in [-0.4, -0.2) is 0 Å². The molecular formula is C50H30O. The van der Waals surface area contributed by atoms with Crippen molar-refractivity contribution in [2.75, 3.05) is 0 Å². The monoisotopic (exact) mass is 676 g/mol. The minimum atomic E-state index is -1.09. The molecule has 1 heterocycles. The largest absolute Gasteiger partial charge is 0.456 e. The van der Waals surface area contributed by atoms with Gasteiger partial charge in [-0.05, 0) is 117 Å². The standard InChI is InChI=1S/C50H30O/c1-3-13-38-31(10-1)12-9-19-40(38)49-43-17-7-5-15-41(43)48(42-16-6-8-18-44(42)49)37-23-22-33-28-34(20-21-35(33)29-37)36-24-26-45-47(30-36)51-46-27-25-32-11-2-4-14-39(32)50(45)46/h1-30H/i1D,2D,3D,4D,5D,6D,7D,8D,9D,10D,11D,12D,13D,14D,15D,16D,17D,18D,19D,20D,21D,22D,23D,24D,25D,26D,27D,28D,29D,30D. The van der Waals surface area contributed by atoms with E-state index in [9.17, 15) is 19.2 Å². The minimum Gasteiger partial charge on any atom is -0.456 e. The molecule has 1 heteroatoms. The van der Waals surface area contributed by atoms with Crippen molar-refractivity contribution in [3.05, 3.63) is 181 Å². The molecule has 11 aromatic rings. The number of benzene rings is 10. The van der Waals surface area contributed by atoms with Crippen LogP contribution in [0.1, 0.15) is 41.1 Å². The smallest absolute Gasteiger partial charge is 0.136 e. The summed E-state index contributed by atoms with van der Waals surface area (Å²) in [7, 11) is 0. The number of furan rings is 1. The normalized spacial score (nSPS) is 20.2. The second-order valence-corrected chi connectivity index (χ2v) is 11.3. The third-order valence-corrected chi connectivity index (χ3v) is 8.51. The van der Waals surface area contributed by atoms with Crippen molar-refractivity contribution >= 4 is 75.8 Å². The summed E-state index contributed by atoms with van der Waals surface area (Å²) < 4.78 is 278. The van der Waals surface area contributed by atoms with Crippen LogP contribution in [0.3, 0.4) is 0 Å². The Bertz CT molecular complexity index is 4840. The van der Waals surface area contributed by atoms with E-state index in [0.29, 0.717) is 0 Å². The summed E-state index contributed by atoms with van der Waals surface area (Å²) >= 11 is 0. The van der Waals surface area contributed by atoms with E-state index < -0.39 is 280 Å². The zero-order valence-electron chi connectivity index (χ0n) is 55.4. The minimum absolute atomic E-state index is 0.321. The van der Waals surface area contributed by atoms with E-state index in [1.807, 2.05) is 0 Å². The van der Waals surface area contributed by atoms with Crippen molar-refractivity contribution in [1.82, 2.24) is 0 Å². The molecule has 0 bridgehead atoms. The van der Waals surface area contributed by atoms with E-state index in [4.69, 9.17) is 26.3 Å². The van der Waals surface area contributed by atoms with Crippen molar-refractivity contribution in [1.29, 1.82) is 0 Å². The van der Waals surface area contributed by atoms with Crippen molar-refractivity contribution < 1.29 is 45.5 Å². The molecule has 0 radical (unpaired) electrons. The molecule has 0 spiro atoms. The maximum absolute atomic E-state index is 9.83. The highest BCUT2D eigenvalue weighted by Gasteiger charge is 2.18. The third kappa shape index (κ3) is 4.28. The Kier molecular flexibility index (Phi) is 2.50. The molecule has 0 amide bonds. The fraction of sp³-hybridized carbons (Fsp3) is 0. The molecule has 0 unspecified atom stereocenters. The van der Waals surface area contributed by atoms with Gasteiger partial charge >= 0.3 is 0 Å². The Morgan fingerprint density at radius 1 is 0.314 bits per heavy atom. The van der Waals surface area contributed by atoms with Gasteiger partial charge in [-0.2, -0.15) is 0 Å². The van der Waals surface area contributed by atoms with Gasteiger partial charge in [-0.25, -0.2) is 0 Å². The van der Waals surface area contributed by atoms with Crippen LogP contribution in [0, 0.1) is 0 Å². The van der Waals surface area contributed by atoms with E-state index in [1.54, 1.807) is 0 Å². The number of rotatable bonds is 3. The maximum Gasteiger partial charge on any atom is 0.136 e. The topological polar surface area (TPSA) is 13.1 Å². The maximum atomic E-state index is 9.83. The molecule has 0 aliphatic rings. The lowest BCUT2D eigenvalue weighted by Gasteiger charge is -2.19. The highest BCUT2D eigenvalue weighted by molar-refractivity contribution is 6.24. The number of fused-ring (bicyclic) bond motifs is 9. The van der Waals surface area contributed by atoms with Crippen LogP contribution >= 0.6 is 0 Å². The Hall–Kier alpha value is -6.70. The average molecular weight is 677 g/mol.